The highest BCUT2D eigenvalue weighted by Gasteiger charge is 2.06. The number of rotatable bonds is 5. The molecule has 0 unspecified atom stereocenters. The van der Waals surface area contributed by atoms with Crippen molar-refractivity contribution >= 4 is 11.6 Å². The second-order valence-corrected chi connectivity index (χ2v) is 4.60. The average molecular weight is 277 g/mol. The lowest BCUT2D eigenvalue weighted by Gasteiger charge is -2.12. The van der Waals surface area contributed by atoms with Gasteiger partial charge in [-0.2, -0.15) is 0 Å². The molecule has 100 valence electrons. The summed E-state index contributed by atoms with van der Waals surface area (Å²) in [6.45, 7) is 2.61. The Balaban J connectivity index is 2.13. The van der Waals surface area contributed by atoms with Gasteiger partial charge in [0, 0.05) is 5.88 Å². The van der Waals surface area contributed by atoms with E-state index in [2.05, 4.69) is 19.1 Å². The molecule has 2 aromatic carbocycles. The number of ether oxygens (including phenoxy) is 2. The molecule has 2 nitrogen and oxygen atoms in total. The lowest BCUT2D eigenvalue weighted by Crippen LogP contribution is -1.99. The zero-order valence-corrected chi connectivity index (χ0v) is 11.9. The quantitative estimate of drug-likeness (QED) is 0.757. The molecule has 0 fully saturated rings. The van der Waals surface area contributed by atoms with E-state index in [0.29, 0.717) is 18.2 Å². The van der Waals surface area contributed by atoms with Crippen molar-refractivity contribution < 1.29 is 9.47 Å². The van der Waals surface area contributed by atoms with Crippen molar-refractivity contribution in [1.29, 1.82) is 0 Å². The first-order valence-corrected chi connectivity index (χ1v) is 6.68. The van der Waals surface area contributed by atoms with Crippen LogP contribution in [-0.4, -0.2) is 7.11 Å². The number of alkyl halides is 1. The molecule has 0 heterocycles. The van der Waals surface area contributed by atoms with Crippen molar-refractivity contribution in [3.05, 3.63) is 59.2 Å². The normalized spacial score (nSPS) is 10.3. The summed E-state index contributed by atoms with van der Waals surface area (Å²) in [6.07, 6.45) is 0. The van der Waals surface area contributed by atoms with Crippen molar-refractivity contribution in [1.82, 2.24) is 0 Å². The van der Waals surface area contributed by atoms with Crippen molar-refractivity contribution in [3.8, 4) is 11.5 Å². The highest BCUT2D eigenvalue weighted by Crippen LogP contribution is 2.29. The lowest BCUT2D eigenvalue weighted by molar-refractivity contribution is 0.284. The predicted octanol–water partition coefficient (Wildman–Crippen LogP) is 4.32. The maximum absolute atomic E-state index is 5.83. The minimum absolute atomic E-state index is 0.467. The molecule has 3 heteroatoms. The first-order chi connectivity index (χ1) is 9.24. The van der Waals surface area contributed by atoms with Crippen LogP contribution in [0.25, 0.3) is 0 Å². The van der Waals surface area contributed by atoms with Crippen molar-refractivity contribution in [2.75, 3.05) is 7.11 Å². The third kappa shape index (κ3) is 3.42. The second kappa shape index (κ2) is 6.48. The minimum Gasteiger partial charge on any atom is -0.493 e. The Labute approximate surface area is 118 Å². The Morgan fingerprint density at radius 1 is 1.05 bits per heavy atom. The van der Waals surface area contributed by atoms with Crippen LogP contribution in [0.1, 0.15) is 16.7 Å². The SMILES string of the molecule is COc1cc(CCl)ccc1OCc1ccccc1C. The number of aryl methyl sites for hydroxylation is 1. The Bertz CT molecular complexity index is 552. The van der Waals surface area contributed by atoms with Crippen LogP contribution in [0, 0.1) is 6.92 Å². The summed E-state index contributed by atoms with van der Waals surface area (Å²) in [5.41, 5.74) is 3.41. The first kappa shape index (κ1) is 13.8. The Kier molecular flexibility index (Phi) is 4.69. The molecular weight excluding hydrogens is 260 g/mol. The van der Waals surface area contributed by atoms with Crippen LogP contribution in [0.4, 0.5) is 0 Å². The summed E-state index contributed by atoms with van der Waals surface area (Å²) in [5.74, 6) is 1.92. The minimum atomic E-state index is 0.467. The molecule has 0 saturated heterocycles. The summed E-state index contributed by atoms with van der Waals surface area (Å²) in [5, 5.41) is 0. The number of hydrogen-bond acceptors (Lipinski definition) is 2. The van der Waals surface area contributed by atoms with Gasteiger partial charge < -0.3 is 9.47 Å². The zero-order chi connectivity index (χ0) is 13.7. The molecule has 0 amide bonds. The fourth-order valence-electron chi connectivity index (χ4n) is 1.84. The summed E-state index contributed by atoms with van der Waals surface area (Å²) >= 11 is 5.81. The molecular formula is C16H17ClO2. The van der Waals surface area contributed by atoms with Gasteiger partial charge in [-0.05, 0) is 35.7 Å². The first-order valence-electron chi connectivity index (χ1n) is 6.14. The molecule has 0 bridgehead atoms. The van der Waals surface area contributed by atoms with E-state index in [-0.39, 0.29) is 0 Å². The number of benzene rings is 2. The summed E-state index contributed by atoms with van der Waals surface area (Å²) in [4.78, 5) is 0. The van der Waals surface area contributed by atoms with E-state index < -0.39 is 0 Å². The standard InChI is InChI=1S/C16H17ClO2/c1-12-5-3-4-6-14(12)11-19-15-8-7-13(10-17)9-16(15)18-2/h3-9H,10-11H2,1-2H3. The maximum Gasteiger partial charge on any atom is 0.161 e. The van der Waals surface area contributed by atoms with Crippen LogP contribution in [0.3, 0.4) is 0 Å². The van der Waals surface area contributed by atoms with E-state index in [9.17, 15) is 0 Å². The summed E-state index contributed by atoms with van der Waals surface area (Å²) in [7, 11) is 1.63. The smallest absolute Gasteiger partial charge is 0.161 e. The van der Waals surface area contributed by atoms with Gasteiger partial charge in [-0.1, -0.05) is 30.3 Å². The van der Waals surface area contributed by atoms with Gasteiger partial charge in [0.1, 0.15) is 6.61 Å². The van der Waals surface area contributed by atoms with Crippen LogP contribution >= 0.6 is 11.6 Å². The third-order valence-corrected chi connectivity index (χ3v) is 3.34. The molecule has 19 heavy (non-hydrogen) atoms. The van der Waals surface area contributed by atoms with Crippen LogP contribution in [0.2, 0.25) is 0 Å². The molecule has 0 aliphatic carbocycles. The van der Waals surface area contributed by atoms with Gasteiger partial charge in [0.15, 0.2) is 11.5 Å². The Hall–Kier alpha value is -1.67. The molecule has 0 aromatic heterocycles. The molecule has 0 spiro atoms. The third-order valence-electron chi connectivity index (χ3n) is 3.03. The fourth-order valence-corrected chi connectivity index (χ4v) is 2.01. The van der Waals surface area contributed by atoms with Gasteiger partial charge in [0.2, 0.25) is 0 Å². The van der Waals surface area contributed by atoms with E-state index in [1.165, 1.54) is 11.1 Å². The van der Waals surface area contributed by atoms with E-state index in [1.807, 2.05) is 30.3 Å². The van der Waals surface area contributed by atoms with E-state index in [4.69, 9.17) is 21.1 Å². The van der Waals surface area contributed by atoms with Gasteiger partial charge in [0.05, 0.1) is 7.11 Å². The maximum atomic E-state index is 5.83. The molecule has 0 aliphatic heterocycles. The van der Waals surface area contributed by atoms with Crippen molar-refractivity contribution in [2.45, 2.75) is 19.4 Å². The van der Waals surface area contributed by atoms with Gasteiger partial charge in [-0.25, -0.2) is 0 Å². The number of methoxy groups -OCH3 is 1. The van der Waals surface area contributed by atoms with Crippen molar-refractivity contribution in [3.63, 3.8) is 0 Å². The second-order valence-electron chi connectivity index (χ2n) is 4.33. The number of halogens is 1. The average Bonchev–Trinajstić information content (AvgIpc) is 2.46. The van der Waals surface area contributed by atoms with Gasteiger partial charge in [0.25, 0.3) is 0 Å². The topological polar surface area (TPSA) is 18.5 Å². The molecule has 0 aliphatic rings. The molecule has 0 radical (unpaired) electrons. The van der Waals surface area contributed by atoms with Gasteiger partial charge in [-0.15, -0.1) is 11.6 Å². The largest absolute Gasteiger partial charge is 0.493 e. The van der Waals surface area contributed by atoms with Crippen LogP contribution in [-0.2, 0) is 12.5 Å². The fraction of sp³-hybridized carbons (Fsp3) is 0.250. The Morgan fingerprint density at radius 3 is 2.53 bits per heavy atom. The molecule has 0 saturated carbocycles. The lowest BCUT2D eigenvalue weighted by atomic mass is 10.1. The summed E-state index contributed by atoms with van der Waals surface area (Å²) in [6, 6.07) is 13.9. The van der Waals surface area contributed by atoms with Gasteiger partial charge >= 0.3 is 0 Å². The van der Waals surface area contributed by atoms with Gasteiger partial charge in [-0.3, -0.25) is 0 Å². The highest BCUT2D eigenvalue weighted by molar-refractivity contribution is 6.17. The van der Waals surface area contributed by atoms with Crippen LogP contribution in [0.5, 0.6) is 11.5 Å². The van der Waals surface area contributed by atoms with Crippen LogP contribution < -0.4 is 9.47 Å². The van der Waals surface area contributed by atoms with Crippen LogP contribution in [0.15, 0.2) is 42.5 Å². The molecule has 0 atom stereocenters. The monoisotopic (exact) mass is 276 g/mol. The van der Waals surface area contributed by atoms with E-state index >= 15 is 0 Å². The molecule has 0 N–H and O–H groups in total. The Morgan fingerprint density at radius 2 is 1.84 bits per heavy atom. The summed E-state index contributed by atoms with van der Waals surface area (Å²) < 4.78 is 11.1. The zero-order valence-electron chi connectivity index (χ0n) is 11.2. The predicted molar refractivity (Wildman–Crippen MR) is 78.1 cm³/mol. The van der Waals surface area contributed by atoms with Crippen molar-refractivity contribution in [2.24, 2.45) is 0 Å². The number of hydrogen-bond donors (Lipinski definition) is 0. The molecule has 2 aromatic rings. The van der Waals surface area contributed by atoms with E-state index in [0.717, 1.165) is 11.3 Å². The molecule has 2 rings (SSSR count). The van der Waals surface area contributed by atoms with E-state index in [1.54, 1.807) is 7.11 Å². The highest BCUT2D eigenvalue weighted by atomic mass is 35.5.